The maximum atomic E-state index is 9.89. The van der Waals surface area contributed by atoms with E-state index in [4.69, 9.17) is 9.47 Å². The van der Waals surface area contributed by atoms with Gasteiger partial charge in [0.2, 0.25) is 0 Å². The van der Waals surface area contributed by atoms with Gasteiger partial charge in [-0.3, -0.25) is 0 Å². The van der Waals surface area contributed by atoms with Gasteiger partial charge in [0.25, 0.3) is 0 Å². The molecule has 94 valence electrons. The Bertz CT molecular complexity index is 341. The van der Waals surface area contributed by atoms with Gasteiger partial charge in [0.05, 0.1) is 18.8 Å². The van der Waals surface area contributed by atoms with Crippen LogP contribution in [0.2, 0.25) is 0 Å². The first-order valence-electron chi connectivity index (χ1n) is 6.21. The molecule has 0 heterocycles. The van der Waals surface area contributed by atoms with Gasteiger partial charge in [-0.1, -0.05) is 12.1 Å². The quantitative estimate of drug-likeness (QED) is 0.825. The fourth-order valence-electron chi connectivity index (χ4n) is 1.53. The number of aliphatic hydroxyl groups is 1. The summed E-state index contributed by atoms with van der Waals surface area (Å²) in [6.07, 6.45) is 2.31. The highest BCUT2D eigenvalue weighted by Crippen LogP contribution is 2.27. The number of rotatable bonds is 6. The maximum absolute atomic E-state index is 9.89. The van der Waals surface area contributed by atoms with Crippen LogP contribution >= 0.6 is 0 Å². The molecular weight excluding hydrogens is 216 g/mol. The summed E-state index contributed by atoms with van der Waals surface area (Å²) in [5, 5.41) is 9.89. The summed E-state index contributed by atoms with van der Waals surface area (Å²) in [6.45, 7) is 4.25. The molecule has 1 N–H and O–H groups in total. The molecule has 0 amide bonds. The Hall–Kier alpha value is -1.06. The van der Waals surface area contributed by atoms with Crippen molar-refractivity contribution >= 4 is 0 Å². The molecular formula is C14H20O3. The fourth-order valence-corrected chi connectivity index (χ4v) is 1.53. The summed E-state index contributed by atoms with van der Waals surface area (Å²) in [7, 11) is 0. The van der Waals surface area contributed by atoms with E-state index in [1.54, 1.807) is 0 Å². The predicted octanol–water partition coefficient (Wildman–Crippen LogP) is 2.69. The van der Waals surface area contributed by atoms with Crippen LogP contribution in [0.25, 0.3) is 0 Å². The number of hydrogen-bond acceptors (Lipinski definition) is 3. The van der Waals surface area contributed by atoms with E-state index in [1.807, 2.05) is 38.1 Å². The second kappa shape index (κ2) is 5.52. The van der Waals surface area contributed by atoms with Gasteiger partial charge in [0.1, 0.15) is 11.9 Å². The number of aliphatic hydroxyl groups excluding tert-OH is 1. The van der Waals surface area contributed by atoms with Crippen LogP contribution in [0.5, 0.6) is 5.75 Å². The summed E-state index contributed by atoms with van der Waals surface area (Å²) in [5.41, 5.74) is 0.869. The van der Waals surface area contributed by atoms with Crippen LogP contribution in [0.15, 0.2) is 24.3 Å². The van der Waals surface area contributed by atoms with Crippen molar-refractivity contribution in [1.82, 2.24) is 0 Å². The fraction of sp³-hybridized carbons (Fsp3) is 0.571. The number of ether oxygens (including phenoxy) is 2. The summed E-state index contributed by atoms with van der Waals surface area (Å²) in [6, 6.07) is 7.61. The lowest BCUT2D eigenvalue weighted by molar-refractivity contribution is 0.00491. The topological polar surface area (TPSA) is 38.7 Å². The highest BCUT2D eigenvalue weighted by molar-refractivity contribution is 5.29. The highest BCUT2D eigenvalue weighted by Gasteiger charge is 2.23. The van der Waals surface area contributed by atoms with Gasteiger partial charge in [-0.05, 0) is 44.4 Å². The first-order valence-corrected chi connectivity index (χ1v) is 6.21. The molecule has 0 saturated heterocycles. The molecule has 0 radical (unpaired) electrons. The molecule has 3 heteroatoms. The Kier molecular flexibility index (Phi) is 4.02. The predicted molar refractivity (Wildman–Crippen MR) is 66.1 cm³/mol. The lowest BCUT2D eigenvalue weighted by Crippen LogP contribution is -2.11. The first kappa shape index (κ1) is 12.4. The van der Waals surface area contributed by atoms with Crippen molar-refractivity contribution in [2.45, 2.75) is 45.0 Å². The minimum Gasteiger partial charge on any atom is -0.490 e. The van der Waals surface area contributed by atoms with Crippen molar-refractivity contribution in [1.29, 1.82) is 0 Å². The molecule has 3 nitrogen and oxygen atoms in total. The van der Waals surface area contributed by atoms with E-state index in [0.29, 0.717) is 12.7 Å². The van der Waals surface area contributed by atoms with Crippen molar-refractivity contribution in [3.63, 3.8) is 0 Å². The molecule has 0 aromatic heterocycles. The summed E-state index contributed by atoms with van der Waals surface area (Å²) in [5.74, 6) is 0.883. The maximum Gasteiger partial charge on any atom is 0.119 e. The lowest BCUT2D eigenvalue weighted by Gasteiger charge is -2.14. The number of hydrogen-bond donors (Lipinski definition) is 1. The zero-order valence-electron chi connectivity index (χ0n) is 10.4. The Labute approximate surface area is 102 Å². The van der Waals surface area contributed by atoms with Crippen LogP contribution < -0.4 is 4.74 Å². The molecule has 1 aromatic rings. The van der Waals surface area contributed by atoms with Crippen molar-refractivity contribution < 1.29 is 14.6 Å². The third kappa shape index (κ3) is 4.02. The van der Waals surface area contributed by atoms with E-state index in [2.05, 4.69) is 0 Å². The lowest BCUT2D eigenvalue weighted by atomic mass is 10.1. The minimum absolute atomic E-state index is 0.141. The molecule has 0 spiro atoms. The third-order valence-electron chi connectivity index (χ3n) is 2.68. The third-order valence-corrected chi connectivity index (χ3v) is 2.68. The molecule has 1 fully saturated rings. The van der Waals surface area contributed by atoms with Crippen LogP contribution in [0.4, 0.5) is 0 Å². The zero-order chi connectivity index (χ0) is 12.3. The molecule has 1 aliphatic carbocycles. The molecule has 1 unspecified atom stereocenters. The monoisotopic (exact) mass is 236 g/mol. The first-order chi connectivity index (χ1) is 8.15. The van der Waals surface area contributed by atoms with Gasteiger partial charge in [-0.15, -0.1) is 0 Å². The Morgan fingerprint density at radius 1 is 1.24 bits per heavy atom. The van der Waals surface area contributed by atoms with Crippen molar-refractivity contribution in [2.75, 3.05) is 6.61 Å². The average Bonchev–Trinajstić information content (AvgIpc) is 3.11. The van der Waals surface area contributed by atoms with E-state index in [-0.39, 0.29) is 6.10 Å². The van der Waals surface area contributed by atoms with Crippen LogP contribution in [-0.2, 0) is 4.74 Å². The molecule has 1 saturated carbocycles. The number of benzene rings is 1. The molecule has 17 heavy (non-hydrogen) atoms. The van der Waals surface area contributed by atoms with Crippen LogP contribution in [0.1, 0.15) is 38.4 Å². The van der Waals surface area contributed by atoms with Gasteiger partial charge >= 0.3 is 0 Å². The molecule has 0 bridgehead atoms. The van der Waals surface area contributed by atoms with Crippen molar-refractivity contribution in [3.8, 4) is 5.75 Å². The van der Waals surface area contributed by atoms with E-state index in [9.17, 15) is 5.11 Å². The van der Waals surface area contributed by atoms with Gasteiger partial charge in [-0.2, -0.15) is 0 Å². The van der Waals surface area contributed by atoms with Crippen molar-refractivity contribution in [2.24, 2.45) is 0 Å². The minimum atomic E-state index is -0.563. The highest BCUT2D eigenvalue weighted by atomic mass is 16.5. The van der Waals surface area contributed by atoms with E-state index >= 15 is 0 Å². The van der Waals surface area contributed by atoms with Crippen LogP contribution in [-0.4, -0.2) is 23.9 Å². The standard InChI is InChI=1S/C14H20O3/c1-10(2)16-9-14(15)11-3-5-12(6-4-11)17-13-7-8-13/h3-6,10,13-15H,7-9H2,1-2H3. The summed E-state index contributed by atoms with van der Waals surface area (Å²) >= 11 is 0. The molecule has 1 aromatic carbocycles. The summed E-state index contributed by atoms with van der Waals surface area (Å²) < 4.78 is 11.0. The normalized spacial score (nSPS) is 17.2. The Morgan fingerprint density at radius 2 is 1.88 bits per heavy atom. The molecule has 1 aliphatic rings. The SMILES string of the molecule is CC(C)OCC(O)c1ccc(OC2CC2)cc1. The average molecular weight is 236 g/mol. The second-order valence-corrected chi connectivity index (χ2v) is 4.78. The molecule has 0 aliphatic heterocycles. The second-order valence-electron chi connectivity index (χ2n) is 4.78. The van der Waals surface area contributed by atoms with Gasteiger partial charge in [0.15, 0.2) is 0 Å². The van der Waals surface area contributed by atoms with Crippen molar-refractivity contribution in [3.05, 3.63) is 29.8 Å². The van der Waals surface area contributed by atoms with Gasteiger partial charge in [-0.25, -0.2) is 0 Å². The van der Waals surface area contributed by atoms with Gasteiger partial charge < -0.3 is 14.6 Å². The van der Waals surface area contributed by atoms with Crippen LogP contribution in [0.3, 0.4) is 0 Å². The molecule has 2 rings (SSSR count). The van der Waals surface area contributed by atoms with E-state index in [0.717, 1.165) is 24.2 Å². The van der Waals surface area contributed by atoms with Gasteiger partial charge in [0, 0.05) is 0 Å². The summed E-state index contributed by atoms with van der Waals surface area (Å²) in [4.78, 5) is 0. The van der Waals surface area contributed by atoms with E-state index in [1.165, 1.54) is 0 Å². The zero-order valence-corrected chi connectivity index (χ0v) is 10.4. The molecule has 1 atom stereocenters. The Balaban J connectivity index is 1.87. The Morgan fingerprint density at radius 3 is 2.41 bits per heavy atom. The largest absolute Gasteiger partial charge is 0.490 e. The smallest absolute Gasteiger partial charge is 0.119 e. The van der Waals surface area contributed by atoms with E-state index < -0.39 is 6.10 Å². The van der Waals surface area contributed by atoms with Crippen LogP contribution in [0, 0.1) is 0 Å².